The van der Waals surface area contributed by atoms with E-state index in [0.29, 0.717) is 45.2 Å². The average Bonchev–Trinajstić information content (AvgIpc) is 2.60. The van der Waals surface area contributed by atoms with Gasteiger partial charge in [-0.2, -0.15) is 13.2 Å². The first-order chi connectivity index (χ1) is 11.9. The Kier molecular flexibility index (Phi) is 5.88. The van der Waals surface area contributed by atoms with Crippen LogP contribution >= 0.6 is 11.6 Å². The van der Waals surface area contributed by atoms with Gasteiger partial charge < -0.3 is 10.1 Å². The lowest BCUT2D eigenvalue weighted by Gasteiger charge is -2.41. The quantitative estimate of drug-likeness (QED) is 0.806. The average molecular weight is 381 g/mol. The van der Waals surface area contributed by atoms with Crippen LogP contribution in [0.15, 0.2) is 12.1 Å². The van der Waals surface area contributed by atoms with Crippen LogP contribution in [0.4, 0.5) is 17.6 Å². The van der Waals surface area contributed by atoms with E-state index in [-0.39, 0.29) is 11.5 Å². The number of hydrogen-bond donors (Lipinski definition) is 1. The van der Waals surface area contributed by atoms with Crippen LogP contribution in [-0.4, -0.2) is 44.3 Å². The van der Waals surface area contributed by atoms with E-state index in [9.17, 15) is 17.6 Å². The molecule has 140 valence electrons. The predicted molar refractivity (Wildman–Crippen MR) is 87.1 cm³/mol. The number of nitrogens with zero attached hydrogens (tertiary/aromatic N) is 1. The van der Waals surface area contributed by atoms with Crippen molar-refractivity contribution in [1.29, 1.82) is 0 Å². The summed E-state index contributed by atoms with van der Waals surface area (Å²) in [6.07, 6.45) is -3.17. The van der Waals surface area contributed by atoms with Crippen molar-refractivity contribution in [3.05, 3.63) is 34.1 Å². The Bertz CT molecular complexity index is 581. The molecule has 3 nitrogen and oxygen atoms in total. The Hall–Kier alpha value is -0.890. The molecule has 0 radical (unpaired) electrons. The minimum Gasteiger partial charge on any atom is -0.381 e. The Morgan fingerprint density at radius 2 is 1.80 bits per heavy atom. The zero-order valence-corrected chi connectivity index (χ0v) is 14.5. The van der Waals surface area contributed by atoms with Gasteiger partial charge in [0.15, 0.2) is 0 Å². The summed E-state index contributed by atoms with van der Waals surface area (Å²) in [7, 11) is 0. The second-order valence-corrected chi connectivity index (χ2v) is 6.95. The standard InChI is InChI=1S/C17H21ClF4N2O/c18-14-10-12(17(20,21)22)9-13(15(14)19)16(11-1-7-25-8-2-11)24-5-3-23-4-6-24/h9-11,16,23H,1-8H2/t16-/m1/s1. The molecule has 0 unspecified atom stereocenters. The lowest BCUT2D eigenvalue weighted by atomic mass is 9.84. The number of alkyl halides is 3. The van der Waals surface area contributed by atoms with Crippen LogP contribution in [-0.2, 0) is 10.9 Å². The van der Waals surface area contributed by atoms with E-state index in [0.717, 1.165) is 19.2 Å². The number of halogens is 5. The summed E-state index contributed by atoms with van der Waals surface area (Å²) < 4.78 is 59.7. The van der Waals surface area contributed by atoms with E-state index in [4.69, 9.17) is 16.3 Å². The molecule has 2 fully saturated rings. The largest absolute Gasteiger partial charge is 0.416 e. The zero-order valence-electron chi connectivity index (χ0n) is 13.7. The van der Waals surface area contributed by atoms with Gasteiger partial charge >= 0.3 is 6.18 Å². The number of ether oxygens (including phenoxy) is 1. The molecule has 1 aromatic carbocycles. The van der Waals surface area contributed by atoms with E-state index in [1.165, 1.54) is 0 Å². The molecule has 3 rings (SSSR count). The third-order valence-electron chi connectivity index (χ3n) is 4.96. The lowest BCUT2D eigenvalue weighted by molar-refractivity contribution is -0.137. The summed E-state index contributed by atoms with van der Waals surface area (Å²) in [5.41, 5.74) is -0.852. The molecule has 1 aromatic rings. The number of nitrogens with one attached hydrogen (secondary N) is 1. The summed E-state index contributed by atoms with van der Waals surface area (Å²) in [6, 6.07) is 1.17. The fraction of sp³-hybridized carbons (Fsp3) is 0.647. The van der Waals surface area contributed by atoms with Gasteiger partial charge in [-0.15, -0.1) is 0 Å². The third-order valence-corrected chi connectivity index (χ3v) is 5.23. The van der Waals surface area contributed by atoms with E-state index < -0.39 is 28.6 Å². The second kappa shape index (κ2) is 7.78. The molecule has 0 spiro atoms. The molecule has 2 heterocycles. The van der Waals surface area contributed by atoms with Crippen molar-refractivity contribution in [2.24, 2.45) is 5.92 Å². The fourth-order valence-electron chi connectivity index (χ4n) is 3.73. The highest BCUT2D eigenvalue weighted by molar-refractivity contribution is 6.30. The van der Waals surface area contributed by atoms with Crippen molar-refractivity contribution in [2.45, 2.75) is 25.1 Å². The van der Waals surface area contributed by atoms with Crippen molar-refractivity contribution in [3.8, 4) is 0 Å². The van der Waals surface area contributed by atoms with Gasteiger partial charge in [0.2, 0.25) is 0 Å². The Balaban J connectivity index is 2.03. The normalized spacial score (nSPS) is 22.1. The fourth-order valence-corrected chi connectivity index (χ4v) is 3.96. The Morgan fingerprint density at radius 1 is 1.16 bits per heavy atom. The Labute approximate surface area is 149 Å². The molecule has 1 atom stereocenters. The molecular weight excluding hydrogens is 360 g/mol. The van der Waals surface area contributed by atoms with Crippen LogP contribution in [0.2, 0.25) is 5.02 Å². The molecule has 0 aromatic heterocycles. The monoisotopic (exact) mass is 380 g/mol. The lowest BCUT2D eigenvalue weighted by Crippen LogP contribution is -2.47. The summed E-state index contributed by atoms with van der Waals surface area (Å²) >= 11 is 5.82. The van der Waals surface area contributed by atoms with Gasteiger partial charge in [-0.1, -0.05) is 11.6 Å². The molecular formula is C17H21ClF4N2O. The van der Waals surface area contributed by atoms with E-state index in [1.807, 2.05) is 0 Å². The minimum absolute atomic E-state index is 0.0425. The zero-order chi connectivity index (χ0) is 18.0. The van der Waals surface area contributed by atoms with Crippen LogP contribution in [0.25, 0.3) is 0 Å². The molecule has 2 aliphatic rings. The first-order valence-electron chi connectivity index (χ1n) is 8.46. The molecule has 2 saturated heterocycles. The van der Waals surface area contributed by atoms with Crippen molar-refractivity contribution in [3.63, 3.8) is 0 Å². The van der Waals surface area contributed by atoms with Gasteiger partial charge in [0.25, 0.3) is 0 Å². The van der Waals surface area contributed by atoms with Crippen LogP contribution in [0.5, 0.6) is 0 Å². The van der Waals surface area contributed by atoms with Crippen LogP contribution < -0.4 is 5.32 Å². The van der Waals surface area contributed by atoms with Crippen molar-refractivity contribution in [1.82, 2.24) is 10.2 Å². The topological polar surface area (TPSA) is 24.5 Å². The first kappa shape index (κ1) is 18.9. The molecule has 0 saturated carbocycles. The smallest absolute Gasteiger partial charge is 0.381 e. The molecule has 2 aliphatic heterocycles. The van der Waals surface area contributed by atoms with Crippen molar-refractivity contribution >= 4 is 11.6 Å². The second-order valence-electron chi connectivity index (χ2n) is 6.54. The summed E-state index contributed by atoms with van der Waals surface area (Å²) in [4.78, 5) is 2.07. The van der Waals surface area contributed by atoms with Gasteiger partial charge in [0, 0.05) is 51.0 Å². The van der Waals surface area contributed by atoms with Crippen LogP contribution in [0, 0.1) is 11.7 Å². The maximum atomic E-state index is 14.8. The summed E-state index contributed by atoms with van der Waals surface area (Å²) in [6.45, 7) is 3.87. The summed E-state index contributed by atoms with van der Waals surface area (Å²) in [5.74, 6) is -0.703. The van der Waals surface area contributed by atoms with Crippen LogP contribution in [0.3, 0.4) is 0 Å². The highest BCUT2D eigenvalue weighted by Gasteiger charge is 2.37. The van der Waals surface area contributed by atoms with Gasteiger partial charge in [0.05, 0.1) is 10.6 Å². The molecule has 1 N–H and O–H groups in total. The van der Waals surface area contributed by atoms with Crippen LogP contribution in [0.1, 0.15) is 30.0 Å². The first-order valence-corrected chi connectivity index (χ1v) is 8.84. The van der Waals surface area contributed by atoms with Crippen molar-refractivity contribution in [2.75, 3.05) is 39.4 Å². The number of rotatable bonds is 3. The van der Waals surface area contributed by atoms with E-state index in [1.54, 1.807) is 0 Å². The van der Waals surface area contributed by atoms with Gasteiger partial charge in [0.1, 0.15) is 5.82 Å². The molecule has 0 aliphatic carbocycles. The van der Waals surface area contributed by atoms with E-state index >= 15 is 0 Å². The van der Waals surface area contributed by atoms with Gasteiger partial charge in [-0.25, -0.2) is 4.39 Å². The molecule has 25 heavy (non-hydrogen) atoms. The highest BCUT2D eigenvalue weighted by atomic mass is 35.5. The molecule has 0 amide bonds. The number of benzene rings is 1. The van der Waals surface area contributed by atoms with E-state index in [2.05, 4.69) is 10.2 Å². The molecule has 0 bridgehead atoms. The number of hydrogen-bond acceptors (Lipinski definition) is 3. The number of piperazine rings is 1. The summed E-state index contributed by atoms with van der Waals surface area (Å²) in [5, 5.41) is 2.74. The highest BCUT2D eigenvalue weighted by Crippen LogP contribution is 2.41. The van der Waals surface area contributed by atoms with Gasteiger partial charge in [-0.3, -0.25) is 4.90 Å². The minimum atomic E-state index is -4.56. The van der Waals surface area contributed by atoms with Crippen molar-refractivity contribution < 1.29 is 22.3 Å². The SMILES string of the molecule is Fc1c(Cl)cc(C(F)(F)F)cc1[C@@H](C1CCOCC1)N1CCNCC1. The predicted octanol–water partition coefficient (Wildman–Crippen LogP) is 3.87. The Morgan fingerprint density at radius 3 is 2.40 bits per heavy atom. The molecule has 8 heteroatoms. The maximum Gasteiger partial charge on any atom is 0.416 e. The maximum absolute atomic E-state index is 14.8. The van der Waals surface area contributed by atoms with Gasteiger partial charge in [-0.05, 0) is 30.9 Å². The third kappa shape index (κ3) is 4.27.